The third-order valence-corrected chi connectivity index (χ3v) is 6.86. The molecule has 2 aromatic carbocycles. The lowest BCUT2D eigenvalue weighted by molar-refractivity contribution is -0.137. The number of rotatable bonds is 4. The molecule has 2 atom stereocenters. The molecule has 0 spiro atoms. The fraction of sp³-hybridized carbons (Fsp3) is 0.440. The first kappa shape index (κ1) is 24.1. The minimum atomic E-state index is -4.37. The van der Waals surface area contributed by atoms with Crippen molar-refractivity contribution >= 4 is 11.9 Å². The Labute approximate surface area is 197 Å². The highest BCUT2D eigenvalue weighted by atomic mass is 19.4. The summed E-state index contributed by atoms with van der Waals surface area (Å²) in [6, 6.07) is 11.9. The van der Waals surface area contributed by atoms with Gasteiger partial charge >= 0.3 is 12.2 Å². The van der Waals surface area contributed by atoms with Crippen LogP contribution >= 0.6 is 0 Å². The maximum atomic E-state index is 13.0. The van der Waals surface area contributed by atoms with E-state index in [0.717, 1.165) is 37.2 Å². The van der Waals surface area contributed by atoms with Crippen molar-refractivity contribution in [2.45, 2.75) is 31.1 Å². The van der Waals surface area contributed by atoms with Crippen LogP contribution in [0.4, 0.5) is 18.0 Å². The zero-order valence-corrected chi connectivity index (χ0v) is 19.3. The summed E-state index contributed by atoms with van der Waals surface area (Å²) in [6.45, 7) is 2.83. The summed E-state index contributed by atoms with van der Waals surface area (Å²) in [5.41, 5.74) is 1.18. The average Bonchev–Trinajstić information content (AvgIpc) is 3.55. The van der Waals surface area contributed by atoms with Gasteiger partial charge in [0, 0.05) is 45.3 Å². The van der Waals surface area contributed by atoms with E-state index in [-0.39, 0.29) is 24.0 Å². The molecule has 0 saturated carbocycles. The number of alkyl halides is 3. The molecule has 2 unspecified atom stereocenters. The zero-order chi connectivity index (χ0) is 24.5. The number of carbonyl (C=O) groups excluding carboxylic acids is 2. The van der Waals surface area contributed by atoms with Crippen LogP contribution in [0.15, 0.2) is 48.5 Å². The van der Waals surface area contributed by atoms with Crippen LogP contribution in [0, 0.1) is 0 Å². The number of halogens is 3. The van der Waals surface area contributed by atoms with E-state index in [2.05, 4.69) is 5.32 Å². The molecular weight excluding hydrogens is 445 g/mol. The zero-order valence-electron chi connectivity index (χ0n) is 19.3. The first-order valence-corrected chi connectivity index (χ1v) is 11.4. The Morgan fingerprint density at radius 3 is 2.09 bits per heavy atom. The molecule has 2 aliphatic rings. The van der Waals surface area contributed by atoms with E-state index >= 15 is 0 Å². The number of hydrogen-bond acceptors (Lipinski definition) is 3. The Morgan fingerprint density at radius 1 is 0.912 bits per heavy atom. The predicted molar refractivity (Wildman–Crippen MR) is 123 cm³/mol. The minimum absolute atomic E-state index is 0.00190. The molecular formula is C25H29F3N4O2. The maximum Gasteiger partial charge on any atom is 0.416 e. The van der Waals surface area contributed by atoms with Crippen molar-refractivity contribution in [1.29, 1.82) is 0 Å². The van der Waals surface area contributed by atoms with Gasteiger partial charge in [-0.2, -0.15) is 13.2 Å². The van der Waals surface area contributed by atoms with Gasteiger partial charge in [-0.1, -0.05) is 24.3 Å². The number of benzene rings is 2. The molecule has 4 rings (SSSR count). The summed E-state index contributed by atoms with van der Waals surface area (Å²) in [5, 5.41) is 3.27. The van der Waals surface area contributed by atoms with Gasteiger partial charge in [-0.05, 0) is 54.8 Å². The summed E-state index contributed by atoms with van der Waals surface area (Å²) < 4.78 is 38.3. The standard InChI is InChI=1S/C25H29F3N4O2/c1-30(22-12-14-32(16-22)24(34)31(2)21-11-13-29-15-21)23(33)19-5-3-17(4-6-19)18-7-9-20(10-8-18)25(26,27)28/h3-10,21-22,29H,11-16H2,1-2H3. The second-order valence-corrected chi connectivity index (χ2v) is 9.00. The van der Waals surface area contributed by atoms with E-state index in [1.165, 1.54) is 12.1 Å². The van der Waals surface area contributed by atoms with Gasteiger partial charge in [-0.3, -0.25) is 4.79 Å². The molecule has 3 amide bonds. The fourth-order valence-corrected chi connectivity index (χ4v) is 4.61. The Balaban J connectivity index is 1.37. The molecule has 0 aromatic heterocycles. The number of carbonyl (C=O) groups is 2. The van der Waals surface area contributed by atoms with Crippen molar-refractivity contribution < 1.29 is 22.8 Å². The van der Waals surface area contributed by atoms with E-state index in [1.807, 2.05) is 7.05 Å². The fourth-order valence-electron chi connectivity index (χ4n) is 4.61. The van der Waals surface area contributed by atoms with Crippen molar-refractivity contribution in [1.82, 2.24) is 20.0 Å². The van der Waals surface area contributed by atoms with Crippen molar-refractivity contribution in [2.75, 3.05) is 40.3 Å². The van der Waals surface area contributed by atoms with Crippen LogP contribution in [-0.2, 0) is 6.18 Å². The summed E-state index contributed by atoms with van der Waals surface area (Å²) in [7, 11) is 3.58. The summed E-state index contributed by atoms with van der Waals surface area (Å²) in [6.07, 6.45) is -2.71. The number of nitrogens with zero attached hydrogens (tertiary/aromatic N) is 3. The number of likely N-dealkylation sites (N-methyl/N-ethyl adjacent to an activating group) is 2. The lowest BCUT2D eigenvalue weighted by Crippen LogP contribution is -2.47. The van der Waals surface area contributed by atoms with Gasteiger partial charge in [-0.25, -0.2) is 4.79 Å². The van der Waals surface area contributed by atoms with Crippen molar-refractivity contribution in [3.05, 3.63) is 59.7 Å². The van der Waals surface area contributed by atoms with Gasteiger partial charge in [0.05, 0.1) is 11.6 Å². The van der Waals surface area contributed by atoms with Gasteiger partial charge < -0.3 is 20.0 Å². The monoisotopic (exact) mass is 474 g/mol. The van der Waals surface area contributed by atoms with Gasteiger partial charge in [-0.15, -0.1) is 0 Å². The Bertz CT molecular complexity index is 1020. The van der Waals surface area contributed by atoms with Gasteiger partial charge in [0.25, 0.3) is 5.91 Å². The van der Waals surface area contributed by atoms with E-state index in [4.69, 9.17) is 0 Å². The number of likely N-dealkylation sites (tertiary alicyclic amines) is 1. The largest absolute Gasteiger partial charge is 0.416 e. The van der Waals surface area contributed by atoms with E-state index in [0.29, 0.717) is 30.6 Å². The molecule has 6 nitrogen and oxygen atoms in total. The second kappa shape index (κ2) is 9.66. The van der Waals surface area contributed by atoms with Crippen LogP contribution < -0.4 is 5.32 Å². The van der Waals surface area contributed by atoms with Crippen LogP contribution in [0.2, 0.25) is 0 Å². The van der Waals surface area contributed by atoms with Crippen LogP contribution in [0.5, 0.6) is 0 Å². The molecule has 2 saturated heterocycles. The number of amides is 3. The third-order valence-electron chi connectivity index (χ3n) is 6.86. The molecule has 2 heterocycles. The van der Waals surface area contributed by atoms with Crippen molar-refractivity contribution in [3.63, 3.8) is 0 Å². The van der Waals surface area contributed by atoms with Crippen molar-refractivity contribution in [2.24, 2.45) is 0 Å². The highest BCUT2D eigenvalue weighted by Gasteiger charge is 2.34. The SMILES string of the molecule is CN(C(=O)c1ccc(-c2ccc(C(F)(F)F)cc2)cc1)C1CCN(C(=O)N(C)C2CCNC2)C1. The topological polar surface area (TPSA) is 55.9 Å². The first-order chi connectivity index (χ1) is 16.1. The molecule has 0 bridgehead atoms. The van der Waals surface area contributed by atoms with Crippen LogP contribution in [0.1, 0.15) is 28.8 Å². The van der Waals surface area contributed by atoms with Gasteiger partial charge in [0.2, 0.25) is 0 Å². The molecule has 2 aliphatic heterocycles. The van der Waals surface area contributed by atoms with Crippen LogP contribution in [-0.4, -0.2) is 79.0 Å². The highest BCUT2D eigenvalue weighted by molar-refractivity contribution is 5.95. The quantitative estimate of drug-likeness (QED) is 0.731. The summed E-state index contributed by atoms with van der Waals surface area (Å²) in [4.78, 5) is 31.2. The van der Waals surface area contributed by atoms with Crippen molar-refractivity contribution in [3.8, 4) is 11.1 Å². The lowest BCUT2D eigenvalue weighted by Gasteiger charge is -2.30. The van der Waals surface area contributed by atoms with Crippen LogP contribution in [0.3, 0.4) is 0 Å². The third kappa shape index (κ3) is 5.04. The van der Waals surface area contributed by atoms with Gasteiger partial charge in [0.15, 0.2) is 0 Å². The molecule has 2 fully saturated rings. The average molecular weight is 475 g/mol. The Morgan fingerprint density at radius 2 is 1.53 bits per heavy atom. The predicted octanol–water partition coefficient (Wildman–Crippen LogP) is 3.93. The summed E-state index contributed by atoms with van der Waals surface area (Å²) in [5.74, 6) is -0.147. The smallest absolute Gasteiger partial charge is 0.337 e. The molecule has 182 valence electrons. The highest BCUT2D eigenvalue weighted by Crippen LogP contribution is 2.31. The molecule has 0 radical (unpaired) electrons. The van der Waals surface area contributed by atoms with Crippen LogP contribution in [0.25, 0.3) is 11.1 Å². The second-order valence-electron chi connectivity index (χ2n) is 9.00. The number of nitrogens with one attached hydrogen (secondary N) is 1. The van der Waals surface area contributed by atoms with E-state index < -0.39 is 11.7 Å². The molecule has 9 heteroatoms. The lowest BCUT2D eigenvalue weighted by atomic mass is 10.0. The number of hydrogen-bond donors (Lipinski definition) is 1. The molecule has 1 N–H and O–H groups in total. The Hall–Kier alpha value is -3.07. The maximum absolute atomic E-state index is 13.0. The van der Waals surface area contributed by atoms with E-state index in [1.54, 1.807) is 46.0 Å². The first-order valence-electron chi connectivity index (χ1n) is 11.4. The minimum Gasteiger partial charge on any atom is -0.337 e. The van der Waals surface area contributed by atoms with E-state index in [9.17, 15) is 22.8 Å². The number of urea groups is 1. The molecule has 2 aromatic rings. The summed E-state index contributed by atoms with van der Waals surface area (Å²) >= 11 is 0. The van der Waals surface area contributed by atoms with Gasteiger partial charge in [0.1, 0.15) is 0 Å². The Kier molecular flexibility index (Phi) is 6.84. The molecule has 0 aliphatic carbocycles. The normalized spacial score (nSPS) is 20.4. The molecule has 34 heavy (non-hydrogen) atoms.